The summed E-state index contributed by atoms with van der Waals surface area (Å²) in [5.41, 5.74) is -1.55. The second-order valence-corrected chi connectivity index (χ2v) is 9.66. The third-order valence-electron chi connectivity index (χ3n) is 3.37. The topological polar surface area (TPSA) is 179 Å². The van der Waals surface area contributed by atoms with E-state index >= 15 is 0 Å². The Kier molecular flexibility index (Phi) is 5.74. The number of hydrogen-bond acceptors (Lipinski definition) is 10. The molecule has 0 saturated heterocycles. The minimum absolute atomic E-state index is 0.184. The highest BCUT2D eigenvalue weighted by Crippen LogP contribution is 2.44. The summed E-state index contributed by atoms with van der Waals surface area (Å²) >= 11 is 18.0. The standard InChI is InChI=1S/C12H5Cl3N4O7S3/c13-3-1-4(7(14)8(15)12(3)20)16-17-9-5(28(21,22)23)2-6(29(24,25)26)10-11(9)19-27-18-10/h1-2,20H,(H,21,22,23)(H,24,25,26)/b17-16+. The number of halogens is 3. The molecule has 3 rings (SSSR count). The summed E-state index contributed by atoms with van der Waals surface area (Å²) in [7, 11) is -9.96. The fourth-order valence-corrected chi connectivity index (χ4v) is 4.74. The lowest BCUT2D eigenvalue weighted by Gasteiger charge is -2.07. The van der Waals surface area contributed by atoms with Crippen LogP contribution in [0.25, 0.3) is 11.0 Å². The molecular weight excluding hydrogens is 515 g/mol. The maximum Gasteiger partial charge on any atom is 0.296 e. The number of aromatic hydroxyl groups is 1. The fraction of sp³-hybridized carbons (Fsp3) is 0. The molecule has 0 aliphatic heterocycles. The molecule has 29 heavy (non-hydrogen) atoms. The third kappa shape index (κ3) is 4.15. The monoisotopic (exact) mass is 518 g/mol. The maximum absolute atomic E-state index is 11.8. The molecule has 17 heteroatoms. The van der Waals surface area contributed by atoms with Crippen molar-refractivity contribution in [1.29, 1.82) is 0 Å². The van der Waals surface area contributed by atoms with Crippen LogP contribution in [0.2, 0.25) is 15.1 Å². The Morgan fingerprint density at radius 1 is 0.862 bits per heavy atom. The second kappa shape index (κ2) is 7.55. The average Bonchev–Trinajstić information content (AvgIpc) is 3.08. The van der Waals surface area contributed by atoms with Gasteiger partial charge in [-0.25, -0.2) is 0 Å². The van der Waals surface area contributed by atoms with Crippen LogP contribution in [0.15, 0.2) is 32.2 Å². The van der Waals surface area contributed by atoms with Gasteiger partial charge in [-0.3, -0.25) is 9.11 Å². The van der Waals surface area contributed by atoms with Gasteiger partial charge >= 0.3 is 0 Å². The summed E-state index contributed by atoms with van der Waals surface area (Å²) in [6.45, 7) is 0. The number of fused-ring (bicyclic) bond motifs is 1. The summed E-state index contributed by atoms with van der Waals surface area (Å²) in [5, 5.41) is 16.2. The number of phenolic OH excluding ortho intramolecular Hbond substituents is 1. The van der Waals surface area contributed by atoms with Crippen LogP contribution in [-0.2, 0) is 20.2 Å². The summed E-state index contributed by atoms with van der Waals surface area (Å²) in [4.78, 5) is -1.91. The highest BCUT2D eigenvalue weighted by Gasteiger charge is 2.28. The predicted molar refractivity (Wildman–Crippen MR) is 104 cm³/mol. The van der Waals surface area contributed by atoms with Crippen molar-refractivity contribution in [3.8, 4) is 5.75 Å². The number of hydrogen-bond donors (Lipinski definition) is 3. The van der Waals surface area contributed by atoms with Gasteiger partial charge in [0.2, 0.25) is 0 Å². The van der Waals surface area contributed by atoms with Gasteiger partial charge in [-0.05, 0) is 12.1 Å². The van der Waals surface area contributed by atoms with Crippen molar-refractivity contribution in [3.63, 3.8) is 0 Å². The molecule has 0 atom stereocenters. The SMILES string of the molecule is O=S(=O)(O)c1cc(S(=O)(=O)O)c2nsnc2c1/N=N/c1cc(Cl)c(O)c(Cl)c1Cl. The Labute approximate surface area is 181 Å². The average molecular weight is 520 g/mol. The number of azo groups is 1. The van der Waals surface area contributed by atoms with Crippen molar-refractivity contribution >= 4 is 89.2 Å². The van der Waals surface area contributed by atoms with E-state index in [0.717, 1.165) is 6.07 Å². The minimum atomic E-state index is -5.04. The van der Waals surface area contributed by atoms with Crippen LogP contribution in [0, 0.1) is 0 Å². The maximum atomic E-state index is 11.8. The van der Waals surface area contributed by atoms with Crippen LogP contribution in [0.5, 0.6) is 5.75 Å². The van der Waals surface area contributed by atoms with Gasteiger partial charge in [0.05, 0.1) is 21.8 Å². The zero-order chi connectivity index (χ0) is 21.7. The summed E-state index contributed by atoms with van der Waals surface area (Å²) in [6.07, 6.45) is 0. The van der Waals surface area contributed by atoms with E-state index in [4.69, 9.17) is 34.8 Å². The number of aromatic nitrogens is 2. The third-order valence-corrected chi connectivity index (χ3v) is 6.77. The van der Waals surface area contributed by atoms with E-state index in [1.54, 1.807) is 0 Å². The summed E-state index contributed by atoms with van der Waals surface area (Å²) in [6, 6.07) is 1.53. The van der Waals surface area contributed by atoms with Crippen molar-refractivity contribution in [3.05, 3.63) is 27.2 Å². The molecule has 11 nitrogen and oxygen atoms in total. The van der Waals surface area contributed by atoms with E-state index in [2.05, 4.69) is 19.0 Å². The Balaban J connectivity index is 2.34. The van der Waals surface area contributed by atoms with Gasteiger partial charge < -0.3 is 5.11 Å². The smallest absolute Gasteiger partial charge is 0.296 e. The molecule has 0 fully saturated rings. The Bertz CT molecular complexity index is 1400. The lowest BCUT2D eigenvalue weighted by atomic mass is 10.2. The number of benzene rings is 2. The van der Waals surface area contributed by atoms with Crippen LogP contribution < -0.4 is 0 Å². The van der Waals surface area contributed by atoms with Crippen LogP contribution in [0.3, 0.4) is 0 Å². The van der Waals surface area contributed by atoms with Crippen molar-refractivity contribution in [2.75, 3.05) is 0 Å². The zero-order valence-electron chi connectivity index (χ0n) is 13.3. The Morgan fingerprint density at radius 2 is 1.45 bits per heavy atom. The Morgan fingerprint density at radius 3 is 2.03 bits per heavy atom. The Hall–Kier alpha value is -1.65. The van der Waals surface area contributed by atoms with E-state index in [1.165, 1.54) is 0 Å². The molecule has 3 N–H and O–H groups in total. The molecule has 0 aliphatic rings. The van der Waals surface area contributed by atoms with Crippen molar-refractivity contribution in [1.82, 2.24) is 8.75 Å². The molecule has 2 aromatic carbocycles. The van der Waals surface area contributed by atoms with Crippen molar-refractivity contribution < 1.29 is 31.0 Å². The highest BCUT2D eigenvalue weighted by atomic mass is 35.5. The van der Waals surface area contributed by atoms with Gasteiger partial charge in [-0.2, -0.15) is 25.6 Å². The van der Waals surface area contributed by atoms with E-state index in [9.17, 15) is 31.0 Å². The lowest BCUT2D eigenvalue weighted by molar-refractivity contribution is 0.475. The molecule has 3 aromatic rings. The van der Waals surface area contributed by atoms with Crippen LogP contribution in [0.4, 0.5) is 11.4 Å². The fourth-order valence-electron chi connectivity index (χ4n) is 2.12. The van der Waals surface area contributed by atoms with E-state index in [1.807, 2.05) is 0 Å². The van der Waals surface area contributed by atoms with Gasteiger partial charge in [0.25, 0.3) is 20.2 Å². The van der Waals surface area contributed by atoms with Crippen molar-refractivity contribution in [2.45, 2.75) is 9.79 Å². The van der Waals surface area contributed by atoms with E-state index in [-0.39, 0.29) is 26.3 Å². The van der Waals surface area contributed by atoms with Gasteiger partial charge in [0, 0.05) is 0 Å². The first-order valence-corrected chi connectivity index (χ1v) is 11.6. The van der Waals surface area contributed by atoms with Gasteiger partial charge in [0.15, 0.2) is 5.75 Å². The van der Waals surface area contributed by atoms with E-state index in [0.29, 0.717) is 17.8 Å². The summed E-state index contributed by atoms with van der Waals surface area (Å²) < 4.78 is 72.9. The van der Waals surface area contributed by atoms with Crippen LogP contribution in [0.1, 0.15) is 0 Å². The first-order chi connectivity index (χ1) is 13.3. The number of nitrogens with zero attached hydrogens (tertiary/aromatic N) is 4. The largest absolute Gasteiger partial charge is 0.505 e. The van der Waals surface area contributed by atoms with Crippen LogP contribution in [-0.4, -0.2) is 39.8 Å². The second-order valence-electron chi connectivity index (χ2n) is 5.19. The highest BCUT2D eigenvalue weighted by molar-refractivity contribution is 7.87. The summed E-state index contributed by atoms with van der Waals surface area (Å²) in [5.74, 6) is -0.514. The van der Waals surface area contributed by atoms with Crippen molar-refractivity contribution in [2.24, 2.45) is 10.2 Å². The molecular formula is C12H5Cl3N4O7S3. The normalized spacial score (nSPS) is 12.9. The first-order valence-electron chi connectivity index (χ1n) is 6.84. The molecule has 154 valence electrons. The predicted octanol–water partition coefficient (Wildman–Crippen LogP) is 4.27. The molecule has 0 unspecified atom stereocenters. The molecule has 0 spiro atoms. The number of phenols is 1. The van der Waals surface area contributed by atoms with Gasteiger partial charge in [-0.1, -0.05) is 34.8 Å². The molecule has 0 radical (unpaired) electrons. The quantitative estimate of drug-likeness (QED) is 0.258. The molecule has 0 amide bonds. The molecule has 0 saturated carbocycles. The van der Waals surface area contributed by atoms with Gasteiger partial charge in [-0.15, -0.1) is 10.2 Å². The lowest BCUT2D eigenvalue weighted by Crippen LogP contribution is -2.05. The molecule has 0 aliphatic carbocycles. The zero-order valence-corrected chi connectivity index (χ0v) is 18.0. The van der Waals surface area contributed by atoms with Gasteiger partial charge in [0.1, 0.15) is 37.2 Å². The van der Waals surface area contributed by atoms with Crippen LogP contribution >= 0.6 is 46.5 Å². The van der Waals surface area contributed by atoms with E-state index < -0.39 is 47.0 Å². The minimum Gasteiger partial charge on any atom is -0.505 e. The molecule has 1 aromatic heterocycles. The first kappa shape index (κ1) is 22.0. The molecule has 1 heterocycles. The molecule has 0 bridgehead atoms. The number of rotatable bonds is 4.